The Balaban J connectivity index is 1.60. The molecule has 0 saturated carbocycles. The van der Waals surface area contributed by atoms with E-state index in [0.29, 0.717) is 33.5 Å². The average Bonchev–Trinajstić information content (AvgIpc) is 3.20. The van der Waals surface area contributed by atoms with Crippen LogP contribution < -0.4 is 14.8 Å². The number of rotatable bonds is 5. The van der Waals surface area contributed by atoms with Crippen molar-refractivity contribution in [3.8, 4) is 11.5 Å². The lowest BCUT2D eigenvalue weighted by Crippen LogP contribution is -2.29. The Labute approximate surface area is 167 Å². The minimum Gasteiger partial charge on any atom is -0.454 e. The van der Waals surface area contributed by atoms with Gasteiger partial charge in [0.15, 0.2) is 17.6 Å². The van der Waals surface area contributed by atoms with Crippen LogP contribution in [0.25, 0.3) is 6.08 Å². The van der Waals surface area contributed by atoms with E-state index < -0.39 is 18.0 Å². The summed E-state index contributed by atoms with van der Waals surface area (Å²) in [4.78, 5) is 24.4. The van der Waals surface area contributed by atoms with Gasteiger partial charge in [-0.1, -0.05) is 11.6 Å². The minimum atomic E-state index is -0.975. The van der Waals surface area contributed by atoms with Gasteiger partial charge in [0.05, 0.1) is 22.1 Å². The largest absolute Gasteiger partial charge is 0.454 e. The lowest BCUT2D eigenvalue weighted by atomic mass is 10.2. The summed E-state index contributed by atoms with van der Waals surface area (Å²) >= 11 is 6.11. The molecule has 9 heteroatoms. The molecule has 0 spiro atoms. The first-order valence-electron chi connectivity index (χ1n) is 8.55. The summed E-state index contributed by atoms with van der Waals surface area (Å²) in [6, 6.07) is 3.34. The molecule has 0 radical (unpaired) electrons. The van der Waals surface area contributed by atoms with Crippen molar-refractivity contribution < 1.29 is 23.8 Å². The van der Waals surface area contributed by atoms with E-state index in [-0.39, 0.29) is 6.79 Å². The molecule has 0 bridgehead atoms. The number of ether oxygens (including phenoxy) is 3. The SMILES string of the molecule is Cc1nn(C)c(C)c1NC(=O)[C@H](C)OC(=O)/C=C/c1cc(Cl)c2c(c1)OCO2. The third kappa shape index (κ3) is 4.12. The number of hydrogen-bond donors (Lipinski definition) is 1. The van der Waals surface area contributed by atoms with Gasteiger partial charge in [0, 0.05) is 13.1 Å². The van der Waals surface area contributed by atoms with Crippen molar-refractivity contribution in [2.45, 2.75) is 26.9 Å². The van der Waals surface area contributed by atoms with E-state index in [1.54, 1.807) is 30.8 Å². The molecule has 3 rings (SSSR count). The number of hydrogen-bond acceptors (Lipinski definition) is 6. The van der Waals surface area contributed by atoms with Gasteiger partial charge in [0.1, 0.15) is 0 Å². The van der Waals surface area contributed by atoms with Crippen LogP contribution in [0, 0.1) is 13.8 Å². The maximum absolute atomic E-state index is 12.3. The maximum Gasteiger partial charge on any atom is 0.331 e. The van der Waals surface area contributed by atoms with Crippen molar-refractivity contribution in [1.82, 2.24) is 9.78 Å². The maximum atomic E-state index is 12.3. The number of esters is 1. The average molecular weight is 406 g/mol. The number of anilines is 1. The van der Waals surface area contributed by atoms with Gasteiger partial charge in [-0.25, -0.2) is 4.79 Å². The van der Waals surface area contributed by atoms with Crippen LogP contribution in [0.5, 0.6) is 11.5 Å². The van der Waals surface area contributed by atoms with Crippen molar-refractivity contribution in [3.05, 3.63) is 40.2 Å². The summed E-state index contributed by atoms with van der Waals surface area (Å²) < 4.78 is 17.3. The van der Waals surface area contributed by atoms with Crippen LogP contribution in [0.1, 0.15) is 23.9 Å². The fourth-order valence-electron chi connectivity index (χ4n) is 2.69. The number of aromatic nitrogens is 2. The standard InChI is InChI=1S/C19H20ClN3O5/c1-10-17(11(2)23(4)22-10)21-19(25)12(3)28-16(24)6-5-13-7-14(20)18-15(8-13)26-9-27-18/h5-8,12H,9H2,1-4H3,(H,21,25)/b6-5+/t12-/m0/s1. The molecule has 0 saturated heterocycles. The number of amides is 1. The van der Waals surface area contributed by atoms with Gasteiger partial charge >= 0.3 is 5.97 Å². The summed E-state index contributed by atoms with van der Waals surface area (Å²) in [5, 5.41) is 7.36. The van der Waals surface area contributed by atoms with Gasteiger partial charge in [-0.2, -0.15) is 5.10 Å². The quantitative estimate of drug-likeness (QED) is 0.607. The Morgan fingerprint density at radius 2 is 2.11 bits per heavy atom. The normalized spacial score (nSPS) is 13.6. The molecule has 1 aliphatic heterocycles. The van der Waals surface area contributed by atoms with E-state index in [9.17, 15) is 9.59 Å². The first-order chi connectivity index (χ1) is 13.3. The number of carbonyl (C=O) groups is 2. The van der Waals surface area contributed by atoms with Crippen molar-refractivity contribution in [3.63, 3.8) is 0 Å². The Hall–Kier alpha value is -3.00. The molecule has 2 heterocycles. The predicted octanol–water partition coefficient (Wildman–Crippen LogP) is 3.00. The topological polar surface area (TPSA) is 91.7 Å². The molecule has 1 aromatic heterocycles. The Morgan fingerprint density at radius 1 is 1.36 bits per heavy atom. The zero-order valence-electron chi connectivity index (χ0n) is 15.9. The van der Waals surface area contributed by atoms with E-state index in [1.807, 2.05) is 6.92 Å². The van der Waals surface area contributed by atoms with Gasteiger partial charge in [-0.05, 0) is 44.5 Å². The highest BCUT2D eigenvalue weighted by atomic mass is 35.5. The fourth-order valence-corrected chi connectivity index (χ4v) is 2.97. The smallest absolute Gasteiger partial charge is 0.331 e. The third-order valence-corrected chi connectivity index (χ3v) is 4.56. The number of aryl methyl sites for hydroxylation is 2. The van der Waals surface area contributed by atoms with Crippen LogP contribution >= 0.6 is 11.6 Å². The zero-order chi connectivity index (χ0) is 20.4. The van der Waals surface area contributed by atoms with E-state index in [4.69, 9.17) is 25.8 Å². The first kappa shape index (κ1) is 19.8. The number of nitrogens with one attached hydrogen (secondary N) is 1. The number of carbonyl (C=O) groups excluding carboxylic acids is 2. The fraction of sp³-hybridized carbons (Fsp3) is 0.316. The highest BCUT2D eigenvalue weighted by Crippen LogP contribution is 2.40. The number of nitrogens with zero attached hydrogens (tertiary/aromatic N) is 2. The molecule has 1 amide bonds. The molecule has 8 nitrogen and oxygen atoms in total. The van der Waals surface area contributed by atoms with E-state index >= 15 is 0 Å². The summed E-state index contributed by atoms with van der Waals surface area (Å²) in [5.74, 6) is -0.105. The number of benzene rings is 1. The van der Waals surface area contributed by atoms with Crippen LogP contribution in [0.4, 0.5) is 5.69 Å². The second-order valence-electron chi connectivity index (χ2n) is 6.31. The summed E-state index contributed by atoms with van der Waals surface area (Å²) in [7, 11) is 1.79. The van der Waals surface area contributed by atoms with Crippen LogP contribution in [0.3, 0.4) is 0 Å². The molecule has 148 valence electrons. The second-order valence-corrected chi connectivity index (χ2v) is 6.71. The first-order valence-corrected chi connectivity index (χ1v) is 8.93. The van der Waals surface area contributed by atoms with Gasteiger partial charge in [-0.3, -0.25) is 9.48 Å². The summed E-state index contributed by atoms with van der Waals surface area (Å²) in [6.45, 7) is 5.23. The molecule has 1 atom stereocenters. The summed E-state index contributed by atoms with van der Waals surface area (Å²) in [5.41, 5.74) is 2.75. The highest BCUT2D eigenvalue weighted by Gasteiger charge is 2.20. The lowest BCUT2D eigenvalue weighted by molar-refractivity contribution is -0.148. The molecule has 28 heavy (non-hydrogen) atoms. The molecular weight excluding hydrogens is 386 g/mol. The van der Waals surface area contributed by atoms with Crippen molar-refractivity contribution in [1.29, 1.82) is 0 Å². The van der Waals surface area contributed by atoms with Gasteiger partial charge in [0.2, 0.25) is 6.79 Å². The van der Waals surface area contributed by atoms with Crippen LogP contribution in [-0.4, -0.2) is 34.6 Å². The van der Waals surface area contributed by atoms with Crippen LogP contribution in [0.15, 0.2) is 18.2 Å². The predicted molar refractivity (Wildman–Crippen MR) is 103 cm³/mol. The van der Waals surface area contributed by atoms with E-state index in [2.05, 4.69) is 10.4 Å². The van der Waals surface area contributed by atoms with E-state index in [0.717, 1.165) is 5.69 Å². The van der Waals surface area contributed by atoms with Crippen molar-refractivity contribution >= 4 is 35.2 Å². The number of fused-ring (bicyclic) bond motifs is 1. The molecule has 0 aliphatic carbocycles. The highest BCUT2D eigenvalue weighted by molar-refractivity contribution is 6.32. The Bertz CT molecular complexity index is 967. The summed E-state index contributed by atoms with van der Waals surface area (Å²) in [6.07, 6.45) is 1.77. The molecular formula is C19H20ClN3O5. The zero-order valence-corrected chi connectivity index (χ0v) is 16.7. The van der Waals surface area contributed by atoms with Crippen molar-refractivity contribution in [2.24, 2.45) is 7.05 Å². The molecule has 1 N–H and O–H groups in total. The van der Waals surface area contributed by atoms with Gasteiger partial charge in [0.25, 0.3) is 5.91 Å². The van der Waals surface area contributed by atoms with Crippen LogP contribution in [0.2, 0.25) is 5.02 Å². The Kier molecular flexibility index (Phi) is 5.60. The van der Waals surface area contributed by atoms with Gasteiger partial charge < -0.3 is 19.5 Å². The van der Waals surface area contributed by atoms with E-state index in [1.165, 1.54) is 19.1 Å². The lowest BCUT2D eigenvalue weighted by Gasteiger charge is -2.12. The van der Waals surface area contributed by atoms with Gasteiger partial charge in [-0.15, -0.1) is 0 Å². The molecule has 2 aromatic rings. The van der Waals surface area contributed by atoms with Crippen molar-refractivity contribution in [2.75, 3.05) is 12.1 Å². The molecule has 1 aromatic carbocycles. The molecule has 1 aliphatic rings. The third-order valence-electron chi connectivity index (χ3n) is 4.28. The minimum absolute atomic E-state index is 0.104. The Morgan fingerprint density at radius 3 is 2.79 bits per heavy atom. The number of halogens is 1. The molecule has 0 fully saturated rings. The van der Waals surface area contributed by atoms with Crippen LogP contribution in [-0.2, 0) is 21.4 Å². The molecule has 0 unspecified atom stereocenters. The second kappa shape index (κ2) is 7.93. The monoisotopic (exact) mass is 405 g/mol.